The number of hydrogen-bond acceptors (Lipinski definition) is 3. The van der Waals surface area contributed by atoms with E-state index < -0.39 is 0 Å². The van der Waals surface area contributed by atoms with Crippen molar-refractivity contribution in [2.24, 2.45) is 0 Å². The third kappa shape index (κ3) is 1.34. The minimum Gasteiger partial charge on any atom is -0.384 e. The van der Waals surface area contributed by atoms with Crippen molar-refractivity contribution in [3.05, 3.63) is 17.7 Å². The lowest BCUT2D eigenvalue weighted by atomic mass is 9.80. The van der Waals surface area contributed by atoms with E-state index in [1.54, 1.807) is 0 Å². The maximum absolute atomic E-state index is 5.62. The van der Waals surface area contributed by atoms with Crippen LogP contribution in [0.2, 0.25) is 0 Å². The van der Waals surface area contributed by atoms with Crippen molar-refractivity contribution >= 4 is 11.6 Å². The van der Waals surface area contributed by atoms with Crippen LogP contribution >= 0.6 is 0 Å². The number of anilines is 2. The molecule has 13 heavy (non-hydrogen) atoms. The highest BCUT2D eigenvalue weighted by Crippen LogP contribution is 2.35. The highest BCUT2D eigenvalue weighted by molar-refractivity contribution is 5.54. The average molecular weight is 177 g/mol. The second-order valence-corrected chi connectivity index (χ2v) is 4.19. The van der Waals surface area contributed by atoms with E-state index in [2.05, 4.69) is 30.2 Å². The fourth-order valence-corrected chi connectivity index (χ4v) is 1.78. The summed E-state index contributed by atoms with van der Waals surface area (Å²) in [5, 5.41) is 3.27. The summed E-state index contributed by atoms with van der Waals surface area (Å²) in [5.74, 6) is 1.54. The van der Waals surface area contributed by atoms with Crippen LogP contribution in [0.4, 0.5) is 11.6 Å². The van der Waals surface area contributed by atoms with E-state index >= 15 is 0 Å². The summed E-state index contributed by atoms with van der Waals surface area (Å²) >= 11 is 0. The van der Waals surface area contributed by atoms with E-state index in [1.165, 1.54) is 5.56 Å². The van der Waals surface area contributed by atoms with Crippen LogP contribution in [0.25, 0.3) is 0 Å². The van der Waals surface area contributed by atoms with Gasteiger partial charge < -0.3 is 11.1 Å². The topological polar surface area (TPSA) is 50.9 Å². The number of nitrogens with zero attached hydrogens (tertiary/aromatic N) is 1. The molecule has 1 aliphatic heterocycles. The SMILES string of the molecule is CC1(C)CCNc2nc(N)ccc21. The van der Waals surface area contributed by atoms with Crippen molar-refractivity contribution in [2.45, 2.75) is 25.7 Å². The summed E-state index contributed by atoms with van der Waals surface area (Å²) in [6, 6.07) is 3.94. The first-order valence-electron chi connectivity index (χ1n) is 4.60. The zero-order valence-electron chi connectivity index (χ0n) is 8.09. The quantitative estimate of drug-likeness (QED) is 0.635. The van der Waals surface area contributed by atoms with Gasteiger partial charge in [0, 0.05) is 12.1 Å². The molecular formula is C10H15N3. The van der Waals surface area contributed by atoms with E-state index in [0.717, 1.165) is 18.8 Å². The molecule has 1 aromatic heterocycles. The predicted molar refractivity (Wildman–Crippen MR) is 54.8 cm³/mol. The molecule has 0 atom stereocenters. The number of nitrogens with two attached hydrogens (primary N) is 1. The van der Waals surface area contributed by atoms with Crippen molar-refractivity contribution < 1.29 is 0 Å². The maximum atomic E-state index is 5.62. The molecule has 3 nitrogen and oxygen atoms in total. The van der Waals surface area contributed by atoms with Gasteiger partial charge in [-0.2, -0.15) is 0 Å². The fraction of sp³-hybridized carbons (Fsp3) is 0.500. The fourth-order valence-electron chi connectivity index (χ4n) is 1.78. The molecule has 0 amide bonds. The van der Waals surface area contributed by atoms with E-state index in [0.29, 0.717) is 5.82 Å². The predicted octanol–water partition coefficient (Wildman–Crippen LogP) is 1.76. The number of pyridine rings is 1. The van der Waals surface area contributed by atoms with Crippen LogP contribution in [0.15, 0.2) is 12.1 Å². The molecule has 0 fully saturated rings. The summed E-state index contributed by atoms with van der Waals surface area (Å²) in [6.07, 6.45) is 1.14. The summed E-state index contributed by atoms with van der Waals surface area (Å²) < 4.78 is 0. The highest BCUT2D eigenvalue weighted by atomic mass is 15.0. The molecule has 70 valence electrons. The first-order chi connectivity index (χ1) is 6.09. The van der Waals surface area contributed by atoms with Gasteiger partial charge in [-0.15, -0.1) is 0 Å². The molecule has 3 N–H and O–H groups in total. The highest BCUT2D eigenvalue weighted by Gasteiger charge is 2.27. The number of hydrogen-bond donors (Lipinski definition) is 2. The Kier molecular flexibility index (Phi) is 1.68. The first-order valence-corrected chi connectivity index (χ1v) is 4.60. The van der Waals surface area contributed by atoms with Crippen LogP contribution in [-0.4, -0.2) is 11.5 Å². The van der Waals surface area contributed by atoms with Gasteiger partial charge in [-0.1, -0.05) is 19.9 Å². The number of aromatic nitrogens is 1. The van der Waals surface area contributed by atoms with Crippen LogP contribution in [0.5, 0.6) is 0 Å². The molecule has 1 aliphatic rings. The normalized spacial score (nSPS) is 18.9. The summed E-state index contributed by atoms with van der Waals surface area (Å²) in [5.41, 5.74) is 7.11. The van der Waals surface area contributed by atoms with Gasteiger partial charge in [0.15, 0.2) is 0 Å². The summed E-state index contributed by atoms with van der Waals surface area (Å²) in [7, 11) is 0. The Bertz CT molecular complexity index is 331. The van der Waals surface area contributed by atoms with E-state index in [9.17, 15) is 0 Å². The van der Waals surface area contributed by atoms with Gasteiger partial charge in [0.1, 0.15) is 11.6 Å². The van der Waals surface area contributed by atoms with Gasteiger partial charge in [0.05, 0.1) is 0 Å². The molecule has 1 aromatic rings. The van der Waals surface area contributed by atoms with E-state index in [-0.39, 0.29) is 5.41 Å². The van der Waals surface area contributed by atoms with Crippen molar-refractivity contribution in [1.29, 1.82) is 0 Å². The van der Waals surface area contributed by atoms with Crippen LogP contribution in [-0.2, 0) is 5.41 Å². The maximum Gasteiger partial charge on any atom is 0.132 e. The minimum atomic E-state index is 0.223. The molecule has 2 heterocycles. The van der Waals surface area contributed by atoms with Crippen molar-refractivity contribution in [3.8, 4) is 0 Å². The van der Waals surface area contributed by atoms with Crippen molar-refractivity contribution in [3.63, 3.8) is 0 Å². The molecule has 0 saturated carbocycles. The Labute approximate surface area is 78.4 Å². The molecule has 0 unspecified atom stereocenters. The van der Waals surface area contributed by atoms with Gasteiger partial charge >= 0.3 is 0 Å². The van der Waals surface area contributed by atoms with E-state index in [4.69, 9.17) is 5.73 Å². The minimum absolute atomic E-state index is 0.223. The second-order valence-electron chi connectivity index (χ2n) is 4.19. The number of rotatable bonds is 0. The lowest BCUT2D eigenvalue weighted by Crippen LogP contribution is -2.29. The molecule has 3 heteroatoms. The van der Waals surface area contributed by atoms with Gasteiger partial charge in [-0.3, -0.25) is 0 Å². The standard InChI is InChI=1S/C10H15N3/c1-10(2)5-6-12-9-7(10)3-4-8(11)13-9/h3-4H,5-6H2,1-2H3,(H3,11,12,13). The first kappa shape index (κ1) is 8.35. The average Bonchev–Trinajstić information content (AvgIpc) is 2.02. The summed E-state index contributed by atoms with van der Waals surface area (Å²) in [6.45, 7) is 5.46. The van der Waals surface area contributed by atoms with Gasteiger partial charge in [0.2, 0.25) is 0 Å². The van der Waals surface area contributed by atoms with Crippen molar-refractivity contribution in [2.75, 3.05) is 17.6 Å². The lowest BCUT2D eigenvalue weighted by molar-refractivity contribution is 0.479. The largest absolute Gasteiger partial charge is 0.384 e. The second kappa shape index (κ2) is 2.62. The molecular weight excluding hydrogens is 162 g/mol. The zero-order chi connectivity index (χ0) is 9.47. The van der Waals surface area contributed by atoms with Gasteiger partial charge in [0.25, 0.3) is 0 Å². The van der Waals surface area contributed by atoms with Gasteiger partial charge in [-0.05, 0) is 17.9 Å². The molecule has 0 saturated heterocycles. The number of nitrogens with one attached hydrogen (secondary N) is 1. The van der Waals surface area contributed by atoms with Crippen LogP contribution in [0.1, 0.15) is 25.8 Å². The Hall–Kier alpha value is -1.25. The monoisotopic (exact) mass is 177 g/mol. The third-order valence-electron chi connectivity index (χ3n) is 2.69. The third-order valence-corrected chi connectivity index (χ3v) is 2.69. The molecule has 0 spiro atoms. The molecule has 0 radical (unpaired) electrons. The molecule has 0 aliphatic carbocycles. The Balaban J connectivity index is 2.53. The number of fused-ring (bicyclic) bond motifs is 1. The zero-order valence-corrected chi connectivity index (χ0v) is 8.09. The number of nitrogen functional groups attached to an aromatic ring is 1. The Morgan fingerprint density at radius 3 is 3.00 bits per heavy atom. The lowest BCUT2D eigenvalue weighted by Gasteiger charge is -2.32. The van der Waals surface area contributed by atoms with Gasteiger partial charge in [-0.25, -0.2) is 4.98 Å². The molecule has 0 bridgehead atoms. The van der Waals surface area contributed by atoms with E-state index in [1.807, 2.05) is 6.07 Å². The summed E-state index contributed by atoms with van der Waals surface area (Å²) in [4.78, 5) is 4.28. The van der Waals surface area contributed by atoms with Crippen molar-refractivity contribution in [1.82, 2.24) is 4.98 Å². The molecule has 2 rings (SSSR count). The van der Waals surface area contributed by atoms with Crippen LogP contribution in [0, 0.1) is 0 Å². The Morgan fingerprint density at radius 1 is 1.46 bits per heavy atom. The molecule has 0 aromatic carbocycles. The van der Waals surface area contributed by atoms with Crippen LogP contribution < -0.4 is 11.1 Å². The Morgan fingerprint density at radius 2 is 2.23 bits per heavy atom. The van der Waals surface area contributed by atoms with Crippen LogP contribution in [0.3, 0.4) is 0 Å². The smallest absolute Gasteiger partial charge is 0.132 e.